The zero-order valence-corrected chi connectivity index (χ0v) is 15.6. The number of aliphatic hydroxyl groups excluding tert-OH is 1. The van der Waals surface area contributed by atoms with Crippen molar-refractivity contribution in [2.45, 2.75) is 24.9 Å². The zero-order chi connectivity index (χ0) is 19.7. The van der Waals surface area contributed by atoms with Crippen LogP contribution in [0, 0.1) is 11.8 Å². The summed E-state index contributed by atoms with van der Waals surface area (Å²) in [4.78, 5) is 31.5. The molecule has 3 atom stereocenters. The van der Waals surface area contributed by atoms with E-state index >= 15 is 0 Å². The van der Waals surface area contributed by atoms with Gasteiger partial charge in [-0.3, -0.25) is 14.6 Å². The number of fused-ring (bicyclic) bond motifs is 1. The average Bonchev–Trinajstić information content (AvgIpc) is 2.69. The first kappa shape index (κ1) is 18.2. The molecule has 2 aromatic rings. The topological polar surface area (TPSA) is 73.7 Å². The molecule has 3 heterocycles. The number of pyridine rings is 1. The summed E-state index contributed by atoms with van der Waals surface area (Å²) in [5.41, 5.74) is 2.78. The van der Waals surface area contributed by atoms with Crippen LogP contribution >= 0.6 is 0 Å². The van der Waals surface area contributed by atoms with Crippen LogP contribution in [0.5, 0.6) is 0 Å². The molecule has 6 nitrogen and oxygen atoms in total. The summed E-state index contributed by atoms with van der Waals surface area (Å²) >= 11 is 0. The van der Waals surface area contributed by atoms with Crippen LogP contribution in [0.3, 0.4) is 0 Å². The van der Waals surface area contributed by atoms with Crippen molar-refractivity contribution in [3.05, 3.63) is 65.5 Å². The van der Waals surface area contributed by atoms with E-state index in [1.165, 1.54) is 6.92 Å². The fourth-order valence-electron chi connectivity index (χ4n) is 4.11. The summed E-state index contributed by atoms with van der Waals surface area (Å²) in [5.74, 6) is 6.01. The zero-order valence-electron chi connectivity index (χ0n) is 15.6. The van der Waals surface area contributed by atoms with Gasteiger partial charge >= 0.3 is 0 Å². The van der Waals surface area contributed by atoms with E-state index in [2.05, 4.69) is 16.8 Å². The Morgan fingerprint density at radius 2 is 1.96 bits per heavy atom. The monoisotopic (exact) mass is 375 g/mol. The Morgan fingerprint density at radius 3 is 2.61 bits per heavy atom. The van der Waals surface area contributed by atoms with E-state index in [0.29, 0.717) is 6.54 Å². The number of hydrogen-bond donors (Lipinski definition) is 1. The molecule has 6 heteroatoms. The molecular weight excluding hydrogens is 354 g/mol. The number of carbonyl (C=O) groups is 2. The van der Waals surface area contributed by atoms with Gasteiger partial charge in [-0.1, -0.05) is 24.0 Å². The highest BCUT2D eigenvalue weighted by molar-refractivity contribution is 5.87. The summed E-state index contributed by atoms with van der Waals surface area (Å²) in [6, 6.07) is 11.3. The number of piperazine rings is 1. The second-order valence-corrected chi connectivity index (χ2v) is 7.16. The smallest absolute Gasteiger partial charge is 0.242 e. The second-order valence-electron chi connectivity index (χ2n) is 7.16. The van der Waals surface area contributed by atoms with Crippen molar-refractivity contribution in [2.75, 3.05) is 19.7 Å². The lowest BCUT2D eigenvalue weighted by atomic mass is 9.73. The second kappa shape index (κ2) is 7.45. The van der Waals surface area contributed by atoms with Crippen LogP contribution in [0.15, 0.2) is 48.8 Å². The van der Waals surface area contributed by atoms with E-state index in [1.54, 1.807) is 22.2 Å². The van der Waals surface area contributed by atoms with Crippen LogP contribution in [0.1, 0.15) is 29.5 Å². The number of benzene rings is 1. The number of hydrogen-bond acceptors (Lipinski definition) is 4. The highest BCUT2D eigenvalue weighted by Gasteiger charge is 2.54. The van der Waals surface area contributed by atoms with Crippen molar-refractivity contribution in [3.63, 3.8) is 0 Å². The predicted molar refractivity (Wildman–Crippen MR) is 103 cm³/mol. The third-order valence-electron chi connectivity index (χ3n) is 5.51. The number of aromatic nitrogens is 1. The Morgan fingerprint density at radius 1 is 1.21 bits per heavy atom. The lowest BCUT2D eigenvalue weighted by molar-refractivity contribution is -0.166. The summed E-state index contributed by atoms with van der Waals surface area (Å²) in [5, 5.41) is 9.81. The molecule has 2 amide bonds. The molecule has 1 aromatic carbocycles. The largest absolute Gasteiger partial charge is 0.394 e. The molecule has 0 radical (unpaired) electrons. The average molecular weight is 375 g/mol. The van der Waals surface area contributed by atoms with Crippen molar-refractivity contribution >= 4 is 11.8 Å². The van der Waals surface area contributed by atoms with Crippen molar-refractivity contribution in [1.82, 2.24) is 14.8 Å². The van der Waals surface area contributed by atoms with Crippen LogP contribution in [0.25, 0.3) is 0 Å². The molecule has 0 unspecified atom stereocenters. The van der Waals surface area contributed by atoms with Gasteiger partial charge < -0.3 is 14.9 Å². The molecule has 0 spiro atoms. The quantitative estimate of drug-likeness (QED) is 0.795. The minimum Gasteiger partial charge on any atom is -0.394 e. The first-order valence-electron chi connectivity index (χ1n) is 9.28. The van der Waals surface area contributed by atoms with E-state index in [0.717, 1.165) is 16.7 Å². The maximum atomic E-state index is 12.4. The first-order chi connectivity index (χ1) is 13.6. The molecule has 2 aliphatic heterocycles. The molecule has 142 valence electrons. The highest BCUT2D eigenvalue weighted by atomic mass is 16.3. The molecule has 2 fully saturated rings. The van der Waals surface area contributed by atoms with Crippen molar-refractivity contribution < 1.29 is 14.7 Å². The predicted octanol–water partition coefficient (Wildman–Crippen LogP) is 0.999. The lowest BCUT2D eigenvalue weighted by Crippen LogP contribution is -2.73. The fourth-order valence-corrected chi connectivity index (χ4v) is 4.11. The Balaban J connectivity index is 1.54. The van der Waals surface area contributed by atoms with E-state index in [-0.39, 0.29) is 43.0 Å². The minimum atomic E-state index is -0.237. The molecule has 2 aliphatic rings. The van der Waals surface area contributed by atoms with Gasteiger partial charge in [0.1, 0.15) is 0 Å². The van der Waals surface area contributed by atoms with Crippen molar-refractivity contribution in [1.29, 1.82) is 0 Å². The number of amides is 2. The highest BCUT2D eigenvalue weighted by Crippen LogP contribution is 2.42. The number of nitrogens with zero attached hydrogens (tertiary/aromatic N) is 3. The molecule has 4 rings (SSSR count). The van der Waals surface area contributed by atoms with Gasteiger partial charge in [0.25, 0.3) is 0 Å². The summed E-state index contributed by atoms with van der Waals surface area (Å²) in [7, 11) is 0. The van der Waals surface area contributed by atoms with Crippen molar-refractivity contribution in [2.24, 2.45) is 0 Å². The molecule has 1 aromatic heterocycles. The number of rotatable bonds is 2. The van der Waals surface area contributed by atoms with Crippen LogP contribution < -0.4 is 0 Å². The van der Waals surface area contributed by atoms with E-state index < -0.39 is 0 Å². The third-order valence-corrected chi connectivity index (χ3v) is 5.51. The summed E-state index contributed by atoms with van der Waals surface area (Å²) in [6.45, 7) is 1.99. The number of aliphatic hydroxyl groups is 1. The molecule has 1 N–H and O–H groups in total. The van der Waals surface area contributed by atoms with Gasteiger partial charge in [-0.2, -0.15) is 0 Å². The third kappa shape index (κ3) is 3.25. The molecule has 28 heavy (non-hydrogen) atoms. The van der Waals surface area contributed by atoms with Gasteiger partial charge in [-0.15, -0.1) is 0 Å². The van der Waals surface area contributed by atoms with Crippen LogP contribution in [0.2, 0.25) is 0 Å². The summed E-state index contributed by atoms with van der Waals surface area (Å²) in [6.07, 6.45) is 3.43. The molecule has 2 saturated heterocycles. The lowest BCUT2D eigenvalue weighted by Gasteiger charge is -2.58. The number of carbonyl (C=O) groups excluding carboxylic acids is 2. The van der Waals surface area contributed by atoms with Gasteiger partial charge in [0.05, 0.1) is 25.2 Å². The van der Waals surface area contributed by atoms with Crippen LogP contribution in [0.4, 0.5) is 0 Å². The minimum absolute atomic E-state index is 0.0106. The van der Waals surface area contributed by atoms with E-state index in [1.807, 2.05) is 36.4 Å². The van der Waals surface area contributed by atoms with Gasteiger partial charge in [0.2, 0.25) is 11.8 Å². The first-order valence-corrected chi connectivity index (χ1v) is 9.28. The summed E-state index contributed by atoms with van der Waals surface area (Å²) < 4.78 is 0. The van der Waals surface area contributed by atoms with Crippen LogP contribution in [-0.2, 0) is 9.59 Å². The van der Waals surface area contributed by atoms with Gasteiger partial charge in [-0.05, 0) is 29.8 Å². The standard InChI is InChI=1S/C22H21N3O3/c1-15(27)24-12-19-22(20(14-26)25(19)21(28)13-24)18-8-6-16(7-9-18)4-5-17-3-2-10-23-11-17/h2-3,6-11,19-20,22,26H,12-14H2,1H3/t19-,20+,22+/m0/s1. The molecule has 0 bridgehead atoms. The van der Waals surface area contributed by atoms with Crippen molar-refractivity contribution in [3.8, 4) is 11.8 Å². The van der Waals surface area contributed by atoms with E-state index in [4.69, 9.17) is 0 Å². The molecule has 0 saturated carbocycles. The Bertz CT molecular complexity index is 946. The Labute approximate surface area is 163 Å². The van der Waals surface area contributed by atoms with Gasteiger partial charge in [-0.25, -0.2) is 0 Å². The Hall–Kier alpha value is -3.17. The normalized spacial score (nSPS) is 23.4. The van der Waals surface area contributed by atoms with Gasteiger partial charge in [0, 0.05) is 42.9 Å². The van der Waals surface area contributed by atoms with E-state index in [9.17, 15) is 14.7 Å². The maximum Gasteiger partial charge on any atom is 0.242 e. The molecular formula is C22H21N3O3. The van der Waals surface area contributed by atoms with Crippen LogP contribution in [-0.4, -0.2) is 63.5 Å². The SMILES string of the molecule is CC(=O)N1CC(=O)N2[C@H](CO)[C@H](c3ccc(C#Cc4cccnc4)cc3)[C@@H]2C1. The van der Waals surface area contributed by atoms with Gasteiger partial charge in [0.15, 0.2) is 0 Å². The maximum absolute atomic E-state index is 12.4. The Kier molecular flexibility index (Phi) is 4.84. The molecule has 0 aliphatic carbocycles. The fraction of sp³-hybridized carbons (Fsp3) is 0.318.